The van der Waals surface area contributed by atoms with Gasteiger partial charge in [-0.3, -0.25) is 0 Å². The maximum atomic E-state index is 2.34. The second-order valence-corrected chi connectivity index (χ2v) is 17.1. The van der Waals surface area contributed by atoms with Gasteiger partial charge in [-0.25, -0.2) is 0 Å². The van der Waals surface area contributed by atoms with Gasteiger partial charge in [-0.05, 0) is 49.4 Å². The van der Waals surface area contributed by atoms with Crippen molar-refractivity contribution in [3.05, 3.63) is 0 Å². The van der Waals surface area contributed by atoms with E-state index in [1.807, 2.05) is 0 Å². The van der Waals surface area contributed by atoms with Crippen molar-refractivity contribution in [2.75, 3.05) is 0 Å². The molecule has 0 heterocycles. The van der Waals surface area contributed by atoms with E-state index >= 15 is 0 Å². The van der Waals surface area contributed by atoms with Gasteiger partial charge in [0.2, 0.25) is 0 Å². The maximum Gasteiger partial charge on any atom is -0.0352 e. The molecule has 0 radical (unpaired) electrons. The van der Waals surface area contributed by atoms with E-state index in [2.05, 4.69) is 27.7 Å². The first kappa shape index (κ1) is 46.0. The van der Waals surface area contributed by atoms with Crippen molar-refractivity contribution >= 4 is 0 Å². The maximum absolute atomic E-state index is 2.34. The van der Waals surface area contributed by atoms with Gasteiger partial charge in [-0.15, -0.1) is 0 Å². The Bertz CT molecular complexity index is 481. The predicted octanol–water partition coefficient (Wildman–Crippen LogP) is 18.1. The highest BCUT2D eigenvalue weighted by molar-refractivity contribution is 4.96. The van der Waals surface area contributed by atoms with Gasteiger partial charge in [0.1, 0.15) is 0 Å². The SMILES string of the molecule is CCCCCCCCCCCC1C(CCCCCCCCCCC)C(CCCCCCCCCCC)C1CCCCCCCCCCC. The van der Waals surface area contributed by atoms with Crippen molar-refractivity contribution in [1.82, 2.24) is 0 Å². The molecule has 1 rings (SSSR count). The first-order valence-corrected chi connectivity index (χ1v) is 23.8. The summed E-state index contributed by atoms with van der Waals surface area (Å²) in [5, 5.41) is 0. The third kappa shape index (κ3) is 25.9. The molecule has 48 heavy (non-hydrogen) atoms. The lowest BCUT2D eigenvalue weighted by molar-refractivity contribution is -0.0486. The zero-order valence-corrected chi connectivity index (χ0v) is 34.6. The van der Waals surface area contributed by atoms with Crippen LogP contribution < -0.4 is 0 Å². The van der Waals surface area contributed by atoms with Gasteiger partial charge in [0.25, 0.3) is 0 Å². The van der Waals surface area contributed by atoms with Crippen LogP contribution in [0, 0.1) is 23.7 Å². The summed E-state index contributed by atoms with van der Waals surface area (Å²) in [7, 11) is 0. The predicted molar refractivity (Wildman–Crippen MR) is 221 cm³/mol. The third-order valence-corrected chi connectivity index (χ3v) is 12.8. The summed E-state index contributed by atoms with van der Waals surface area (Å²) in [5.74, 6) is 4.34. The molecule has 0 atom stereocenters. The summed E-state index contributed by atoms with van der Waals surface area (Å²) in [6, 6.07) is 0. The largest absolute Gasteiger partial charge is 0.0654 e. The molecule has 1 aliphatic carbocycles. The highest BCUT2D eigenvalue weighted by Crippen LogP contribution is 2.55. The van der Waals surface area contributed by atoms with E-state index in [0.717, 1.165) is 23.7 Å². The summed E-state index contributed by atoms with van der Waals surface area (Å²) < 4.78 is 0. The molecule has 0 aromatic heterocycles. The second-order valence-electron chi connectivity index (χ2n) is 17.1. The van der Waals surface area contributed by atoms with Crippen LogP contribution in [-0.4, -0.2) is 0 Å². The van der Waals surface area contributed by atoms with Crippen molar-refractivity contribution in [2.24, 2.45) is 23.7 Å². The van der Waals surface area contributed by atoms with Crippen LogP contribution in [0.3, 0.4) is 0 Å². The zero-order chi connectivity index (χ0) is 34.6. The Kier molecular flexibility index (Phi) is 35.3. The smallest absolute Gasteiger partial charge is 0.0352 e. The molecule has 0 spiro atoms. The van der Waals surface area contributed by atoms with Crippen LogP contribution in [-0.2, 0) is 0 Å². The Labute approximate surface area is 307 Å². The fourth-order valence-corrected chi connectivity index (χ4v) is 9.60. The molecule has 0 aromatic rings. The molecule has 0 aliphatic heterocycles. The lowest BCUT2D eigenvalue weighted by Gasteiger charge is -2.54. The van der Waals surface area contributed by atoms with E-state index in [1.165, 1.54) is 231 Å². The monoisotopic (exact) mass is 673 g/mol. The van der Waals surface area contributed by atoms with Gasteiger partial charge in [0, 0.05) is 0 Å². The summed E-state index contributed by atoms with van der Waals surface area (Å²) in [5.41, 5.74) is 0. The first-order chi connectivity index (χ1) is 23.8. The summed E-state index contributed by atoms with van der Waals surface area (Å²) in [6.07, 6.45) is 59.6. The Morgan fingerprint density at radius 3 is 0.438 bits per heavy atom. The van der Waals surface area contributed by atoms with Gasteiger partial charge < -0.3 is 0 Å². The average Bonchev–Trinajstić information content (AvgIpc) is 3.09. The van der Waals surface area contributed by atoms with Crippen LogP contribution in [0.5, 0.6) is 0 Å². The molecule has 1 aliphatic rings. The summed E-state index contributed by atoms with van der Waals surface area (Å²) in [6.45, 7) is 9.36. The molecular weight excluding hydrogens is 577 g/mol. The summed E-state index contributed by atoms with van der Waals surface area (Å²) in [4.78, 5) is 0. The molecule has 0 saturated heterocycles. The molecule has 1 fully saturated rings. The van der Waals surface area contributed by atoms with Crippen molar-refractivity contribution in [3.8, 4) is 0 Å². The molecule has 288 valence electrons. The third-order valence-electron chi connectivity index (χ3n) is 12.8. The van der Waals surface area contributed by atoms with E-state index in [-0.39, 0.29) is 0 Å². The standard InChI is InChI=1S/C48H96/c1-5-9-13-17-21-25-29-33-37-41-45-46(42-38-34-30-26-22-18-14-10-6-2)48(44-40-36-32-28-24-20-16-12-8-4)47(45)43-39-35-31-27-23-19-15-11-7-3/h45-48H,5-44H2,1-4H3. The quantitative estimate of drug-likeness (QED) is 0.0568. The lowest BCUT2D eigenvalue weighted by Crippen LogP contribution is -2.46. The average molecular weight is 673 g/mol. The molecule has 0 amide bonds. The molecule has 1 saturated carbocycles. The molecule has 0 N–H and O–H groups in total. The van der Waals surface area contributed by atoms with Gasteiger partial charge in [0.15, 0.2) is 0 Å². The molecule has 0 heteroatoms. The lowest BCUT2D eigenvalue weighted by atomic mass is 9.51. The van der Waals surface area contributed by atoms with Gasteiger partial charge in [-0.2, -0.15) is 0 Å². The van der Waals surface area contributed by atoms with Crippen LogP contribution in [0.4, 0.5) is 0 Å². The van der Waals surface area contributed by atoms with E-state index < -0.39 is 0 Å². The van der Waals surface area contributed by atoms with E-state index in [9.17, 15) is 0 Å². The number of unbranched alkanes of at least 4 members (excludes halogenated alkanes) is 32. The minimum Gasteiger partial charge on any atom is -0.0654 e. The number of rotatable bonds is 40. The van der Waals surface area contributed by atoms with E-state index in [4.69, 9.17) is 0 Å². The normalized spacial score (nSPS) is 19.2. The molecule has 0 unspecified atom stereocenters. The minimum absolute atomic E-state index is 1.08. The highest BCUT2D eigenvalue weighted by Gasteiger charge is 2.47. The van der Waals surface area contributed by atoms with Crippen molar-refractivity contribution < 1.29 is 0 Å². The Morgan fingerprint density at radius 1 is 0.167 bits per heavy atom. The second kappa shape index (κ2) is 36.8. The highest BCUT2D eigenvalue weighted by atomic mass is 14.5. The van der Waals surface area contributed by atoms with Crippen molar-refractivity contribution in [2.45, 2.75) is 285 Å². The molecular formula is C48H96. The van der Waals surface area contributed by atoms with Crippen LogP contribution >= 0.6 is 0 Å². The first-order valence-electron chi connectivity index (χ1n) is 23.8. The number of hydrogen-bond acceptors (Lipinski definition) is 0. The van der Waals surface area contributed by atoms with E-state index in [1.54, 1.807) is 25.7 Å². The van der Waals surface area contributed by atoms with E-state index in [0.29, 0.717) is 0 Å². The van der Waals surface area contributed by atoms with Gasteiger partial charge in [-0.1, -0.05) is 259 Å². The van der Waals surface area contributed by atoms with Crippen LogP contribution in [0.1, 0.15) is 285 Å². The molecule has 0 nitrogen and oxygen atoms in total. The van der Waals surface area contributed by atoms with Crippen LogP contribution in [0.25, 0.3) is 0 Å². The van der Waals surface area contributed by atoms with Crippen LogP contribution in [0.2, 0.25) is 0 Å². The molecule has 0 bridgehead atoms. The van der Waals surface area contributed by atoms with Crippen LogP contribution in [0.15, 0.2) is 0 Å². The number of hydrogen-bond donors (Lipinski definition) is 0. The van der Waals surface area contributed by atoms with Crippen molar-refractivity contribution in [1.29, 1.82) is 0 Å². The summed E-state index contributed by atoms with van der Waals surface area (Å²) >= 11 is 0. The fourth-order valence-electron chi connectivity index (χ4n) is 9.60. The Morgan fingerprint density at radius 2 is 0.292 bits per heavy atom. The zero-order valence-electron chi connectivity index (χ0n) is 34.6. The topological polar surface area (TPSA) is 0 Å². The fraction of sp³-hybridized carbons (Fsp3) is 1.00. The Hall–Kier alpha value is 0. The minimum atomic E-state index is 1.08. The molecule has 0 aromatic carbocycles. The Balaban J connectivity index is 2.59. The van der Waals surface area contributed by atoms with Gasteiger partial charge >= 0.3 is 0 Å². The van der Waals surface area contributed by atoms with Crippen molar-refractivity contribution in [3.63, 3.8) is 0 Å². The van der Waals surface area contributed by atoms with Gasteiger partial charge in [0.05, 0.1) is 0 Å².